The van der Waals surface area contributed by atoms with Crippen molar-refractivity contribution in [2.24, 2.45) is 5.73 Å². The van der Waals surface area contributed by atoms with Crippen LogP contribution < -0.4 is 5.73 Å². The SMILES string of the molecule is C[PH](C)(C)CN. The molecule has 0 aromatic rings. The van der Waals surface area contributed by atoms with Gasteiger partial charge in [0.15, 0.2) is 0 Å². The molecular formula is C4H14NP. The van der Waals surface area contributed by atoms with Crippen LogP contribution >= 0.6 is 7.26 Å². The molecule has 0 saturated carbocycles. The summed E-state index contributed by atoms with van der Waals surface area (Å²) in [6, 6.07) is 0. The molecule has 0 radical (unpaired) electrons. The quantitative estimate of drug-likeness (QED) is 0.486. The second-order valence-corrected chi connectivity index (χ2v) is 8.29. The van der Waals surface area contributed by atoms with Gasteiger partial charge in [-0.3, -0.25) is 0 Å². The van der Waals surface area contributed by atoms with E-state index in [0.29, 0.717) is 0 Å². The van der Waals surface area contributed by atoms with Gasteiger partial charge in [0.25, 0.3) is 0 Å². The molecule has 0 heterocycles. The molecule has 1 nitrogen and oxygen atoms in total. The van der Waals surface area contributed by atoms with E-state index in [9.17, 15) is 0 Å². The molecule has 0 spiro atoms. The Morgan fingerprint density at radius 2 is 1.50 bits per heavy atom. The molecule has 40 valence electrons. The third-order valence-corrected chi connectivity index (χ3v) is 1.84. The van der Waals surface area contributed by atoms with Crippen LogP contribution in [0.5, 0.6) is 0 Å². The zero-order chi connectivity index (χ0) is 5.21. The third kappa shape index (κ3) is 4.39. The molecule has 0 atom stereocenters. The summed E-state index contributed by atoms with van der Waals surface area (Å²) in [6.07, 6.45) is 0.910. The van der Waals surface area contributed by atoms with Gasteiger partial charge in [-0.2, -0.15) is 0 Å². The summed E-state index contributed by atoms with van der Waals surface area (Å²) in [5.74, 6) is 0. The first-order chi connectivity index (χ1) is 2.56. The number of hydrogen-bond acceptors (Lipinski definition) is 1. The molecule has 0 fully saturated rings. The van der Waals surface area contributed by atoms with E-state index in [4.69, 9.17) is 5.73 Å². The summed E-state index contributed by atoms with van der Waals surface area (Å²) in [7, 11) is -0.853. The zero-order valence-electron chi connectivity index (χ0n) is 4.78. The van der Waals surface area contributed by atoms with Gasteiger partial charge in [-0.25, -0.2) is 0 Å². The monoisotopic (exact) mass is 107 g/mol. The van der Waals surface area contributed by atoms with Gasteiger partial charge in [0.1, 0.15) is 0 Å². The number of nitrogens with two attached hydrogens (primary N) is 1. The zero-order valence-corrected chi connectivity index (χ0v) is 5.78. The van der Waals surface area contributed by atoms with E-state index in [0.717, 1.165) is 6.29 Å². The van der Waals surface area contributed by atoms with Crippen LogP contribution in [0.15, 0.2) is 0 Å². The van der Waals surface area contributed by atoms with Crippen LogP contribution in [0.4, 0.5) is 0 Å². The van der Waals surface area contributed by atoms with Crippen molar-refractivity contribution >= 4 is 7.26 Å². The van der Waals surface area contributed by atoms with Gasteiger partial charge < -0.3 is 0 Å². The van der Waals surface area contributed by atoms with Gasteiger partial charge >= 0.3 is 39.3 Å². The molecule has 0 aliphatic rings. The maximum atomic E-state index is 5.37. The molecule has 2 heteroatoms. The van der Waals surface area contributed by atoms with Crippen molar-refractivity contribution in [3.63, 3.8) is 0 Å². The van der Waals surface area contributed by atoms with Gasteiger partial charge in [-0.15, -0.1) is 0 Å². The van der Waals surface area contributed by atoms with Crippen LogP contribution in [-0.4, -0.2) is 26.3 Å². The first-order valence-corrected chi connectivity index (χ1v) is 5.97. The predicted molar refractivity (Wildman–Crippen MR) is 35.1 cm³/mol. The van der Waals surface area contributed by atoms with Crippen molar-refractivity contribution in [2.75, 3.05) is 26.3 Å². The summed E-state index contributed by atoms with van der Waals surface area (Å²) in [4.78, 5) is 0. The number of rotatable bonds is 1. The average molecular weight is 107 g/mol. The Kier molecular flexibility index (Phi) is 2.03. The summed E-state index contributed by atoms with van der Waals surface area (Å²) in [5.41, 5.74) is 5.37. The summed E-state index contributed by atoms with van der Waals surface area (Å²) < 4.78 is 0. The van der Waals surface area contributed by atoms with Gasteiger partial charge in [0, 0.05) is 0 Å². The Bertz CT molecular complexity index is 37.3. The second kappa shape index (κ2) is 1.90. The van der Waals surface area contributed by atoms with Crippen molar-refractivity contribution in [1.29, 1.82) is 0 Å². The molecule has 0 saturated heterocycles. The van der Waals surface area contributed by atoms with Crippen molar-refractivity contribution < 1.29 is 0 Å². The molecule has 0 aromatic heterocycles. The Balaban J connectivity index is 3.17. The van der Waals surface area contributed by atoms with Crippen molar-refractivity contribution in [1.82, 2.24) is 0 Å². The van der Waals surface area contributed by atoms with Crippen LogP contribution in [0.2, 0.25) is 0 Å². The van der Waals surface area contributed by atoms with E-state index < -0.39 is 7.26 Å². The topological polar surface area (TPSA) is 26.0 Å². The third-order valence-electron chi connectivity index (χ3n) is 0.612. The molecule has 0 amide bonds. The maximum absolute atomic E-state index is 5.37. The molecular weight excluding hydrogens is 93.0 g/mol. The van der Waals surface area contributed by atoms with Crippen LogP contribution in [0.25, 0.3) is 0 Å². The van der Waals surface area contributed by atoms with Crippen molar-refractivity contribution in [3.05, 3.63) is 0 Å². The summed E-state index contributed by atoms with van der Waals surface area (Å²) in [5, 5.41) is 0. The standard InChI is InChI=1S/C4H14NP/c1-6(2,3)4-5/h6H,4-5H2,1-3H3. The minimum atomic E-state index is -0.853. The summed E-state index contributed by atoms with van der Waals surface area (Å²) >= 11 is 0. The Morgan fingerprint density at radius 3 is 1.50 bits per heavy atom. The van der Waals surface area contributed by atoms with Crippen LogP contribution in [-0.2, 0) is 0 Å². The molecule has 0 aliphatic heterocycles. The molecule has 6 heavy (non-hydrogen) atoms. The molecule has 0 aliphatic carbocycles. The first-order valence-electron chi connectivity index (χ1n) is 2.26. The van der Waals surface area contributed by atoms with Crippen LogP contribution in [0.3, 0.4) is 0 Å². The summed E-state index contributed by atoms with van der Waals surface area (Å²) in [6.45, 7) is 6.77. The van der Waals surface area contributed by atoms with E-state index in [2.05, 4.69) is 20.0 Å². The fraction of sp³-hybridized carbons (Fsp3) is 1.00. The van der Waals surface area contributed by atoms with E-state index in [-0.39, 0.29) is 0 Å². The molecule has 0 bridgehead atoms. The van der Waals surface area contributed by atoms with Crippen molar-refractivity contribution in [2.45, 2.75) is 0 Å². The first kappa shape index (κ1) is 6.39. The van der Waals surface area contributed by atoms with Crippen molar-refractivity contribution in [3.8, 4) is 0 Å². The normalized spacial score (nSPS) is 14.7. The van der Waals surface area contributed by atoms with Gasteiger partial charge in [-0.1, -0.05) is 0 Å². The predicted octanol–water partition coefficient (Wildman–Crippen LogP) is 0.542. The molecule has 2 N–H and O–H groups in total. The van der Waals surface area contributed by atoms with E-state index in [1.54, 1.807) is 0 Å². The minimum absolute atomic E-state index is 0.853. The number of hydrogen-bond donors (Lipinski definition) is 1. The van der Waals surface area contributed by atoms with Gasteiger partial charge in [0.05, 0.1) is 0 Å². The van der Waals surface area contributed by atoms with Crippen LogP contribution in [0, 0.1) is 0 Å². The Morgan fingerprint density at radius 1 is 1.33 bits per heavy atom. The second-order valence-electron chi connectivity index (χ2n) is 2.76. The van der Waals surface area contributed by atoms with E-state index >= 15 is 0 Å². The average Bonchev–Trinajstić information content (AvgIpc) is 1.35. The molecule has 0 rings (SSSR count). The van der Waals surface area contributed by atoms with E-state index in [1.807, 2.05) is 0 Å². The fourth-order valence-corrected chi connectivity index (χ4v) is 0. The molecule has 0 aromatic carbocycles. The van der Waals surface area contributed by atoms with Crippen LogP contribution in [0.1, 0.15) is 0 Å². The van der Waals surface area contributed by atoms with Gasteiger partial charge in [0.2, 0.25) is 0 Å². The molecule has 0 unspecified atom stereocenters. The Labute approximate surface area is 40.3 Å². The fourth-order valence-electron chi connectivity index (χ4n) is 0. The Hall–Kier alpha value is 0.390. The van der Waals surface area contributed by atoms with Gasteiger partial charge in [-0.05, 0) is 0 Å². The van der Waals surface area contributed by atoms with E-state index in [1.165, 1.54) is 0 Å².